The maximum absolute atomic E-state index is 13.7. The Morgan fingerprint density at radius 3 is 2.69 bits per heavy atom. The van der Waals surface area contributed by atoms with E-state index in [-0.39, 0.29) is 11.5 Å². The minimum Gasteiger partial charge on any atom is -0.495 e. The van der Waals surface area contributed by atoms with Crippen LogP contribution in [0.2, 0.25) is 5.02 Å². The summed E-state index contributed by atoms with van der Waals surface area (Å²) >= 11 is 6.41. The van der Waals surface area contributed by atoms with Gasteiger partial charge in [-0.15, -0.1) is 0 Å². The van der Waals surface area contributed by atoms with E-state index in [0.717, 1.165) is 11.4 Å². The number of imidazole rings is 1. The molecule has 1 fully saturated rings. The molecule has 0 bridgehead atoms. The van der Waals surface area contributed by atoms with Crippen molar-refractivity contribution in [3.05, 3.63) is 82.3 Å². The van der Waals surface area contributed by atoms with Crippen LogP contribution in [-0.2, 0) is 0 Å². The van der Waals surface area contributed by atoms with Gasteiger partial charge in [-0.2, -0.15) is 0 Å². The molecule has 0 saturated heterocycles. The molecule has 0 aliphatic heterocycles. The second kappa shape index (κ2) is 8.08. The van der Waals surface area contributed by atoms with Crippen molar-refractivity contribution in [2.45, 2.75) is 31.3 Å². The second-order valence-corrected chi connectivity index (χ2v) is 9.94. The first-order chi connectivity index (χ1) is 17.3. The Hall–Kier alpha value is -3.88. The van der Waals surface area contributed by atoms with Crippen molar-refractivity contribution in [3.63, 3.8) is 0 Å². The first-order valence-corrected chi connectivity index (χ1v) is 12.0. The molecule has 0 spiro atoms. The standard InChI is InChI=1S/C27H24ClN5O3/c1-27(35)12-16(13-27)25-31-22(23-24(29)30-9-10-32(23)25)15-7-8-17-18(11-15)26(34)33(14-21(17)36-2)20-6-4-3-5-19(20)28/h3-11,14,16,35H,12-13H2,1-2H3,(H2,29,30). The zero-order valence-corrected chi connectivity index (χ0v) is 20.5. The van der Waals surface area contributed by atoms with Crippen LogP contribution in [0.5, 0.6) is 5.75 Å². The highest BCUT2D eigenvalue weighted by Crippen LogP contribution is 2.45. The molecule has 0 unspecified atom stereocenters. The highest BCUT2D eigenvalue weighted by atomic mass is 35.5. The maximum Gasteiger partial charge on any atom is 0.263 e. The number of halogens is 1. The van der Waals surface area contributed by atoms with Crippen LogP contribution < -0.4 is 16.0 Å². The van der Waals surface area contributed by atoms with Crippen molar-refractivity contribution in [2.24, 2.45) is 0 Å². The Morgan fingerprint density at radius 2 is 1.97 bits per heavy atom. The molecule has 1 saturated carbocycles. The number of rotatable bonds is 4. The SMILES string of the molecule is COc1cn(-c2ccccc2Cl)c(=O)c2cc(-c3nc(C4CC(C)(O)C4)n4ccnc(N)c34)ccc12. The summed E-state index contributed by atoms with van der Waals surface area (Å²) in [6.07, 6.45) is 6.36. The molecule has 0 atom stereocenters. The number of fused-ring (bicyclic) bond motifs is 2. The van der Waals surface area contributed by atoms with Crippen molar-refractivity contribution in [1.82, 2.24) is 18.9 Å². The van der Waals surface area contributed by atoms with Gasteiger partial charge in [0.2, 0.25) is 0 Å². The number of methoxy groups -OCH3 is 1. The average molecular weight is 502 g/mol. The fourth-order valence-electron chi connectivity index (χ4n) is 5.21. The van der Waals surface area contributed by atoms with Gasteiger partial charge in [-0.1, -0.05) is 29.8 Å². The number of hydrogen-bond donors (Lipinski definition) is 2. The molecule has 9 heteroatoms. The van der Waals surface area contributed by atoms with E-state index < -0.39 is 5.60 Å². The fourth-order valence-corrected chi connectivity index (χ4v) is 5.43. The highest BCUT2D eigenvalue weighted by Gasteiger charge is 2.41. The third-order valence-corrected chi connectivity index (χ3v) is 7.25. The van der Waals surface area contributed by atoms with E-state index >= 15 is 0 Å². The number of benzene rings is 2. The predicted molar refractivity (Wildman–Crippen MR) is 140 cm³/mol. The monoisotopic (exact) mass is 501 g/mol. The van der Waals surface area contributed by atoms with Crippen LogP contribution in [0.3, 0.4) is 0 Å². The summed E-state index contributed by atoms with van der Waals surface area (Å²) in [7, 11) is 1.57. The Balaban J connectivity index is 1.58. The van der Waals surface area contributed by atoms with Gasteiger partial charge < -0.3 is 15.6 Å². The summed E-state index contributed by atoms with van der Waals surface area (Å²) in [6, 6.07) is 12.7. The first-order valence-electron chi connectivity index (χ1n) is 11.6. The lowest BCUT2D eigenvalue weighted by molar-refractivity contribution is -0.0335. The van der Waals surface area contributed by atoms with E-state index in [2.05, 4.69) is 4.98 Å². The van der Waals surface area contributed by atoms with Crippen LogP contribution in [-0.4, -0.2) is 36.8 Å². The lowest BCUT2D eigenvalue weighted by Crippen LogP contribution is -2.40. The summed E-state index contributed by atoms with van der Waals surface area (Å²) in [5.41, 5.74) is 7.98. The van der Waals surface area contributed by atoms with Gasteiger partial charge in [0.05, 0.1) is 35.0 Å². The van der Waals surface area contributed by atoms with Gasteiger partial charge in [-0.25, -0.2) is 9.97 Å². The third-order valence-electron chi connectivity index (χ3n) is 6.93. The van der Waals surface area contributed by atoms with Crippen LogP contribution in [0.4, 0.5) is 5.82 Å². The number of aliphatic hydroxyl groups is 1. The number of para-hydroxylation sites is 1. The van der Waals surface area contributed by atoms with Crippen molar-refractivity contribution in [3.8, 4) is 22.7 Å². The van der Waals surface area contributed by atoms with Crippen molar-refractivity contribution in [1.29, 1.82) is 0 Å². The molecule has 36 heavy (non-hydrogen) atoms. The van der Waals surface area contributed by atoms with Gasteiger partial charge >= 0.3 is 0 Å². The molecule has 1 aliphatic rings. The van der Waals surface area contributed by atoms with Crippen LogP contribution in [0.25, 0.3) is 33.2 Å². The van der Waals surface area contributed by atoms with Gasteiger partial charge in [0.25, 0.3) is 5.56 Å². The number of nitrogen functional groups attached to an aromatic ring is 1. The van der Waals surface area contributed by atoms with Gasteiger partial charge in [-0.05, 0) is 44.0 Å². The number of pyridine rings is 1. The van der Waals surface area contributed by atoms with E-state index in [1.54, 1.807) is 31.6 Å². The van der Waals surface area contributed by atoms with Gasteiger partial charge in [0, 0.05) is 29.3 Å². The normalized spacial score (nSPS) is 19.5. The molecule has 8 nitrogen and oxygen atoms in total. The van der Waals surface area contributed by atoms with Crippen LogP contribution in [0, 0.1) is 0 Å². The fraction of sp³-hybridized carbons (Fsp3) is 0.222. The zero-order valence-electron chi connectivity index (χ0n) is 19.8. The smallest absolute Gasteiger partial charge is 0.263 e. The summed E-state index contributed by atoms with van der Waals surface area (Å²) in [4.78, 5) is 22.9. The lowest BCUT2D eigenvalue weighted by atomic mass is 9.72. The quantitative estimate of drug-likeness (QED) is 0.373. The summed E-state index contributed by atoms with van der Waals surface area (Å²) in [6.45, 7) is 1.83. The molecule has 5 aromatic rings. The predicted octanol–water partition coefficient (Wildman–Crippen LogP) is 4.57. The Labute approximate surface area is 211 Å². The highest BCUT2D eigenvalue weighted by molar-refractivity contribution is 6.32. The van der Waals surface area contributed by atoms with Crippen molar-refractivity contribution in [2.75, 3.05) is 12.8 Å². The lowest BCUT2D eigenvalue weighted by Gasteiger charge is -2.40. The number of nitrogens with zero attached hydrogens (tertiary/aromatic N) is 4. The second-order valence-electron chi connectivity index (χ2n) is 9.54. The van der Waals surface area contributed by atoms with Crippen molar-refractivity contribution < 1.29 is 9.84 Å². The molecular weight excluding hydrogens is 478 g/mol. The minimum absolute atomic E-state index is 0.0982. The Morgan fingerprint density at radius 1 is 1.19 bits per heavy atom. The van der Waals surface area contributed by atoms with E-state index in [9.17, 15) is 9.90 Å². The molecule has 0 radical (unpaired) electrons. The summed E-state index contributed by atoms with van der Waals surface area (Å²) in [5.74, 6) is 1.81. The van der Waals surface area contributed by atoms with Crippen molar-refractivity contribution >= 4 is 33.7 Å². The number of nitrogens with two attached hydrogens (primary N) is 1. The molecule has 182 valence electrons. The Bertz CT molecular complexity index is 1710. The van der Waals surface area contributed by atoms with E-state index in [0.29, 0.717) is 57.1 Å². The van der Waals surface area contributed by atoms with Gasteiger partial charge in [0.15, 0.2) is 0 Å². The number of anilines is 1. The topological polar surface area (TPSA) is 108 Å². The molecule has 3 aromatic heterocycles. The molecule has 2 aromatic carbocycles. The van der Waals surface area contributed by atoms with Crippen LogP contribution in [0.15, 0.2) is 65.8 Å². The zero-order chi connectivity index (χ0) is 25.2. The average Bonchev–Trinajstić information content (AvgIpc) is 3.24. The number of hydrogen-bond acceptors (Lipinski definition) is 6. The molecule has 6 rings (SSSR count). The summed E-state index contributed by atoms with van der Waals surface area (Å²) < 4.78 is 9.06. The first kappa shape index (κ1) is 22.6. The molecule has 1 aliphatic carbocycles. The van der Waals surface area contributed by atoms with E-state index in [1.807, 2.05) is 47.9 Å². The number of aromatic nitrogens is 4. The molecule has 0 amide bonds. The van der Waals surface area contributed by atoms with Gasteiger partial charge in [0.1, 0.15) is 28.6 Å². The summed E-state index contributed by atoms with van der Waals surface area (Å²) in [5, 5.41) is 11.9. The van der Waals surface area contributed by atoms with Gasteiger partial charge in [-0.3, -0.25) is 13.8 Å². The maximum atomic E-state index is 13.7. The number of ether oxygens (including phenoxy) is 1. The van der Waals surface area contributed by atoms with E-state index in [4.69, 9.17) is 27.1 Å². The largest absolute Gasteiger partial charge is 0.495 e. The van der Waals surface area contributed by atoms with Crippen LogP contribution in [0.1, 0.15) is 31.5 Å². The van der Waals surface area contributed by atoms with Crippen LogP contribution >= 0.6 is 11.6 Å². The van der Waals surface area contributed by atoms with E-state index in [1.165, 1.54) is 4.57 Å². The molecule has 3 N–H and O–H groups in total. The molecular formula is C27H24ClN5O3. The molecule has 3 heterocycles. The minimum atomic E-state index is -0.696. The third kappa shape index (κ3) is 3.44. The Kier molecular flexibility index (Phi) is 5.07.